The van der Waals surface area contributed by atoms with Gasteiger partial charge < -0.3 is 10.2 Å². The van der Waals surface area contributed by atoms with E-state index in [0.29, 0.717) is 6.54 Å². The molecule has 5 heteroatoms. The van der Waals surface area contributed by atoms with Gasteiger partial charge in [-0.05, 0) is 38.0 Å². The lowest BCUT2D eigenvalue weighted by Crippen LogP contribution is -2.52. The van der Waals surface area contributed by atoms with Crippen molar-refractivity contribution < 1.29 is 9.59 Å². The summed E-state index contributed by atoms with van der Waals surface area (Å²) in [6.45, 7) is 6.59. The molecule has 0 unspecified atom stereocenters. The molecule has 0 bridgehead atoms. The van der Waals surface area contributed by atoms with Gasteiger partial charge in [0.2, 0.25) is 5.91 Å². The van der Waals surface area contributed by atoms with Gasteiger partial charge in [0.15, 0.2) is 0 Å². The highest BCUT2D eigenvalue weighted by Crippen LogP contribution is 2.56. The maximum absolute atomic E-state index is 13.0. The van der Waals surface area contributed by atoms with E-state index in [0.717, 1.165) is 16.7 Å². The molecule has 1 saturated heterocycles. The molecule has 2 heterocycles. The van der Waals surface area contributed by atoms with Crippen molar-refractivity contribution in [3.8, 4) is 0 Å². The molecule has 1 fully saturated rings. The van der Waals surface area contributed by atoms with Crippen LogP contribution in [0.5, 0.6) is 0 Å². The summed E-state index contributed by atoms with van der Waals surface area (Å²) >= 11 is 1.69. The molecule has 1 N–H and O–H groups in total. The van der Waals surface area contributed by atoms with Crippen molar-refractivity contribution >= 4 is 23.6 Å². The first-order valence-corrected chi connectivity index (χ1v) is 9.69. The van der Waals surface area contributed by atoms with E-state index < -0.39 is 6.04 Å². The zero-order chi connectivity index (χ0) is 18.5. The fourth-order valence-corrected chi connectivity index (χ4v) is 5.38. The highest BCUT2D eigenvalue weighted by Gasteiger charge is 2.57. The second-order valence-electron chi connectivity index (χ2n) is 7.48. The number of hydrogen-bond acceptors (Lipinski definition) is 3. The lowest BCUT2D eigenvalue weighted by molar-refractivity contribution is -0.126. The number of rotatable bonds is 3. The number of nitrogens with one attached hydrogen (secondary N) is 1. The number of thioether (sulfide) groups is 1. The molecule has 2 aromatic rings. The minimum absolute atomic E-state index is 0.0424. The summed E-state index contributed by atoms with van der Waals surface area (Å²) < 4.78 is -0.342. The first kappa shape index (κ1) is 17.2. The molecule has 4 rings (SSSR count). The lowest BCUT2D eigenvalue weighted by Gasteiger charge is -2.29. The van der Waals surface area contributed by atoms with Crippen molar-refractivity contribution in [1.82, 2.24) is 10.2 Å². The highest BCUT2D eigenvalue weighted by atomic mass is 32.2. The van der Waals surface area contributed by atoms with Crippen molar-refractivity contribution in [2.24, 2.45) is 0 Å². The van der Waals surface area contributed by atoms with Gasteiger partial charge >= 0.3 is 0 Å². The van der Waals surface area contributed by atoms with Crippen LogP contribution in [0, 0.1) is 6.92 Å². The Morgan fingerprint density at radius 3 is 2.58 bits per heavy atom. The van der Waals surface area contributed by atoms with Crippen LogP contribution in [-0.2, 0) is 11.3 Å². The van der Waals surface area contributed by atoms with Gasteiger partial charge in [-0.25, -0.2) is 0 Å². The van der Waals surface area contributed by atoms with Crippen molar-refractivity contribution in [3.63, 3.8) is 0 Å². The second kappa shape index (κ2) is 6.16. The largest absolute Gasteiger partial charge is 0.350 e. The molecule has 0 radical (unpaired) electrons. The molecule has 4 nitrogen and oxygen atoms in total. The van der Waals surface area contributed by atoms with E-state index in [1.165, 1.54) is 5.56 Å². The third kappa shape index (κ3) is 2.71. The molecule has 0 aliphatic carbocycles. The number of aryl methyl sites for hydroxylation is 1. The van der Waals surface area contributed by atoms with Gasteiger partial charge in [-0.3, -0.25) is 9.59 Å². The summed E-state index contributed by atoms with van der Waals surface area (Å²) in [5.41, 5.74) is 3.98. The number of nitrogens with zero attached hydrogens (tertiary/aromatic N) is 1. The van der Waals surface area contributed by atoms with E-state index in [9.17, 15) is 9.59 Å². The van der Waals surface area contributed by atoms with Crippen molar-refractivity contribution in [2.45, 2.75) is 43.5 Å². The molecule has 0 aromatic heterocycles. The summed E-state index contributed by atoms with van der Waals surface area (Å²) in [4.78, 5) is 27.7. The monoisotopic (exact) mass is 366 g/mol. The maximum atomic E-state index is 13.0. The standard InChI is InChI=1S/C21H22N2O2S/c1-13-8-10-14(11-9-13)12-22-18(24)17-21(2,3)26-20-16-7-5-4-6-15(16)19(25)23(17)20/h4-11,17,20H,12H2,1-3H3,(H,22,24)/t17-,20+/m0/s1. The minimum Gasteiger partial charge on any atom is -0.350 e. The number of benzene rings is 2. The van der Waals surface area contributed by atoms with Crippen molar-refractivity contribution in [3.05, 3.63) is 70.8 Å². The van der Waals surface area contributed by atoms with Crippen LogP contribution in [0.1, 0.15) is 46.3 Å². The summed E-state index contributed by atoms with van der Waals surface area (Å²) in [7, 11) is 0. The van der Waals surface area contributed by atoms with E-state index in [1.807, 2.05) is 69.3 Å². The normalized spacial score (nSPS) is 22.9. The third-order valence-corrected chi connectivity index (χ3v) is 6.67. The van der Waals surface area contributed by atoms with Crippen LogP contribution in [0.2, 0.25) is 0 Å². The van der Waals surface area contributed by atoms with E-state index in [4.69, 9.17) is 0 Å². The van der Waals surface area contributed by atoms with Crippen LogP contribution in [0.15, 0.2) is 48.5 Å². The average molecular weight is 366 g/mol. The Morgan fingerprint density at radius 1 is 1.15 bits per heavy atom. The first-order valence-electron chi connectivity index (χ1n) is 8.81. The fourth-order valence-electron chi connectivity index (χ4n) is 3.80. The molecule has 2 amide bonds. The predicted octanol–water partition coefficient (Wildman–Crippen LogP) is 3.66. The Bertz CT molecular complexity index is 876. The van der Waals surface area contributed by atoms with Gasteiger partial charge in [0.25, 0.3) is 5.91 Å². The number of carbonyl (C=O) groups is 2. The quantitative estimate of drug-likeness (QED) is 0.902. The smallest absolute Gasteiger partial charge is 0.256 e. The zero-order valence-electron chi connectivity index (χ0n) is 15.2. The van der Waals surface area contributed by atoms with Gasteiger partial charge in [0.05, 0.1) is 0 Å². The second-order valence-corrected chi connectivity index (χ2v) is 9.21. The predicted molar refractivity (Wildman–Crippen MR) is 104 cm³/mol. The van der Waals surface area contributed by atoms with Crippen LogP contribution in [0.25, 0.3) is 0 Å². The van der Waals surface area contributed by atoms with E-state index in [-0.39, 0.29) is 21.9 Å². The summed E-state index contributed by atoms with van der Waals surface area (Å²) in [6.07, 6.45) is 0. The topological polar surface area (TPSA) is 49.4 Å². The summed E-state index contributed by atoms with van der Waals surface area (Å²) in [6, 6.07) is 15.3. The molecular formula is C21H22N2O2S. The summed E-state index contributed by atoms with van der Waals surface area (Å²) in [5, 5.41) is 2.95. The number of amides is 2. The van der Waals surface area contributed by atoms with E-state index >= 15 is 0 Å². The molecule has 2 atom stereocenters. The first-order chi connectivity index (χ1) is 12.4. The van der Waals surface area contributed by atoms with Crippen LogP contribution in [0.4, 0.5) is 0 Å². The number of carbonyl (C=O) groups excluding carboxylic acids is 2. The van der Waals surface area contributed by atoms with Gasteiger partial charge in [0.1, 0.15) is 11.4 Å². The SMILES string of the molecule is Cc1ccc(CNC(=O)[C@@H]2N3C(=O)c4ccccc4[C@H]3SC2(C)C)cc1. The number of hydrogen-bond donors (Lipinski definition) is 1. The Labute approximate surface area is 158 Å². The van der Waals surface area contributed by atoms with Gasteiger partial charge in [-0.15, -0.1) is 11.8 Å². The van der Waals surface area contributed by atoms with Crippen LogP contribution in [-0.4, -0.2) is 27.5 Å². The highest BCUT2D eigenvalue weighted by molar-refractivity contribution is 8.01. The Kier molecular flexibility index (Phi) is 4.07. The van der Waals surface area contributed by atoms with Gasteiger partial charge in [-0.2, -0.15) is 0 Å². The van der Waals surface area contributed by atoms with Gasteiger partial charge in [-0.1, -0.05) is 48.0 Å². The molecule has 2 aliphatic heterocycles. The van der Waals surface area contributed by atoms with Crippen LogP contribution in [0.3, 0.4) is 0 Å². The maximum Gasteiger partial charge on any atom is 0.256 e. The molecule has 2 aromatic carbocycles. The molecule has 2 aliphatic rings. The van der Waals surface area contributed by atoms with Crippen molar-refractivity contribution in [2.75, 3.05) is 0 Å². The number of fused-ring (bicyclic) bond motifs is 3. The molecule has 134 valence electrons. The molecular weight excluding hydrogens is 344 g/mol. The van der Waals surface area contributed by atoms with Crippen LogP contribution >= 0.6 is 11.8 Å². The van der Waals surface area contributed by atoms with Crippen LogP contribution < -0.4 is 5.32 Å². The molecule has 26 heavy (non-hydrogen) atoms. The fraction of sp³-hybridized carbons (Fsp3) is 0.333. The Balaban J connectivity index is 1.56. The van der Waals surface area contributed by atoms with E-state index in [1.54, 1.807) is 16.7 Å². The van der Waals surface area contributed by atoms with Crippen molar-refractivity contribution in [1.29, 1.82) is 0 Å². The Hall–Kier alpha value is -2.27. The summed E-state index contributed by atoms with van der Waals surface area (Å²) in [5.74, 6) is -0.133. The Morgan fingerprint density at radius 2 is 1.85 bits per heavy atom. The average Bonchev–Trinajstić information content (AvgIpc) is 3.04. The van der Waals surface area contributed by atoms with Gasteiger partial charge in [0, 0.05) is 16.9 Å². The molecule has 0 spiro atoms. The zero-order valence-corrected chi connectivity index (χ0v) is 16.0. The van der Waals surface area contributed by atoms with E-state index in [2.05, 4.69) is 5.32 Å². The molecule has 0 saturated carbocycles. The minimum atomic E-state index is -0.483. The lowest BCUT2D eigenvalue weighted by atomic mass is 10.0. The third-order valence-electron chi connectivity index (χ3n) is 5.13.